The third kappa shape index (κ3) is 2.46. The Hall–Kier alpha value is -2.10. The molecule has 0 aliphatic heterocycles. The van der Waals surface area contributed by atoms with E-state index in [1.807, 2.05) is 49.0 Å². The summed E-state index contributed by atoms with van der Waals surface area (Å²) in [6.07, 6.45) is 6.00. The second-order valence-corrected chi connectivity index (χ2v) is 5.50. The Labute approximate surface area is 118 Å². The Balaban J connectivity index is 1.84. The average molecular weight is 269 g/mol. The average Bonchev–Trinajstić information content (AvgIpc) is 3.18. The number of nitrogens with one attached hydrogen (secondary N) is 1. The number of amides is 1. The summed E-state index contributed by atoms with van der Waals surface area (Å²) in [5, 5.41) is 3.16. The zero-order valence-corrected chi connectivity index (χ0v) is 11.8. The summed E-state index contributed by atoms with van der Waals surface area (Å²) in [6.45, 7) is 2.05. The van der Waals surface area contributed by atoms with Gasteiger partial charge in [0.25, 0.3) is 5.91 Å². The normalized spacial score (nSPS) is 15.9. The van der Waals surface area contributed by atoms with E-state index in [1.165, 1.54) is 0 Å². The van der Waals surface area contributed by atoms with Gasteiger partial charge in [0, 0.05) is 19.4 Å². The number of hydrogen-bond donors (Lipinski definition) is 1. The van der Waals surface area contributed by atoms with E-state index in [0.717, 1.165) is 24.1 Å². The number of rotatable bonds is 4. The van der Waals surface area contributed by atoms with E-state index in [1.54, 1.807) is 6.20 Å². The van der Waals surface area contributed by atoms with Gasteiger partial charge in [-0.1, -0.05) is 6.07 Å². The first-order chi connectivity index (χ1) is 9.66. The van der Waals surface area contributed by atoms with Gasteiger partial charge >= 0.3 is 0 Å². The highest BCUT2D eigenvalue weighted by molar-refractivity contribution is 5.93. The minimum absolute atomic E-state index is 0.0265. The summed E-state index contributed by atoms with van der Waals surface area (Å²) in [7, 11) is 1.88. The molecule has 1 N–H and O–H groups in total. The minimum atomic E-state index is -0.0283. The number of carbonyl (C=O) groups excluding carboxylic acids is 1. The van der Waals surface area contributed by atoms with Crippen LogP contribution in [0.1, 0.15) is 40.6 Å². The highest BCUT2D eigenvalue weighted by Gasteiger charge is 2.35. The van der Waals surface area contributed by atoms with Gasteiger partial charge in [-0.3, -0.25) is 9.78 Å². The molecule has 20 heavy (non-hydrogen) atoms. The van der Waals surface area contributed by atoms with Crippen molar-refractivity contribution in [3.05, 3.63) is 53.6 Å². The predicted molar refractivity (Wildman–Crippen MR) is 77.3 cm³/mol. The Morgan fingerprint density at radius 1 is 1.40 bits per heavy atom. The van der Waals surface area contributed by atoms with Crippen molar-refractivity contribution in [3.63, 3.8) is 0 Å². The van der Waals surface area contributed by atoms with E-state index < -0.39 is 0 Å². The van der Waals surface area contributed by atoms with Crippen LogP contribution in [0.4, 0.5) is 0 Å². The third-order valence-electron chi connectivity index (χ3n) is 3.90. The van der Waals surface area contributed by atoms with Gasteiger partial charge in [-0.05, 0) is 49.4 Å². The van der Waals surface area contributed by atoms with E-state index in [4.69, 9.17) is 0 Å². The van der Waals surface area contributed by atoms with Crippen LogP contribution < -0.4 is 5.32 Å². The molecule has 2 aromatic heterocycles. The highest BCUT2D eigenvalue weighted by Crippen LogP contribution is 2.41. The summed E-state index contributed by atoms with van der Waals surface area (Å²) in [6, 6.07) is 7.73. The van der Waals surface area contributed by atoms with Crippen LogP contribution in [0.2, 0.25) is 0 Å². The van der Waals surface area contributed by atoms with Gasteiger partial charge < -0.3 is 9.88 Å². The second-order valence-electron chi connectivity index (χ2n) is 5.50. The molecule has 1 saturated carbocycles. The topological polar surface area (TPSA) is 46.9 Å². The van der Waals surface area contributed by atoms with Gasteiger partial charge in [0.15, 0.2) is 0 Å². The molecule has 0 saturated heterocycles. The maximum absolute atomic E-state index is 12.4. The molecule has 0 bridgehead atoms. The first-order valence-corrected chi connectivity index (χ1v) is 7.00. The zero-order valence-electron chi connectivity index (χ0n) is 11.8. The van der Waals surface area contributed by atoms with Gasteiger partial charge in [0.1, 0.15) is 5.69 Å². The summed E-state index contributed by atoms with van der Waals surface area (Å²) in [5.41, 5.74) is 2.82. The van der Waals surface area contributed by atoms with Crippen LogP contribution in [-0.4, -0.2) is 15.5 Å². The molecule has 1 fully saturated rings. The largest absolute Gasteiger partial charge is 0.347 e. The summed E-state index contributed by atoms with van der Waals surface area (Å²) >= 11 is 0. The van der Waals surface area contributed by atoms with Crippen LogP contribution in [0.3, 0.4) is 0 Å². The summed E-state index contributed by atoms with van der Waals surface area (Å²) in [4.78, 5) is 16.9. The molecule has 2 aromatic rings. The monoisotopic (exact) mass is 269 g/mol. The highest BCUT2D eigenvalue weighted by atomic mass is 16.2. The lowest BCUT2D eigenvalue weighted by atomic mass is 10.0. The number of hydrogen-bond acceptors (Lipinski definition) is 2. The Kier molecular flexibility index (Phi) is 3.30. The number of pyridine rings is 1. The third-order valence-corrected chi connectivity index (χ3v) is 3.90. The second kappa shape index (κ2) is 5.12. The molecule has 0 unspecified atom stereocenters. The molecule has 104 valence electrons. The van der Waals surface area contributed by atoms with Crippen molar-refractivity contribution in [1.82, 2.24) is 14.9 Å². The first-order valence-electron chi connectivity index (χ1n) is 7.00. The van der Waals surface area contributed by atoms with Crippen molar-refractivity contribution in [2.45, 2.75) is 25.8 Å². The molecule has 1 atom stereocenters. The molecule has 3 rings (SSSR count). The van der Waals surface area contributed by atoms with Crippen LogP contribution >= 0.6 is 0 Å². The smallest absolute Gasteiger partial charge is 0.268 e. The lowest BCUT2D eigenvalue weighted by Gasteiger charge is -2.19. The fourth-order valence-electron chi connectivity index (χ4n) is 2.57. The van der Waals surface area contributed by atoms with Gasteiger partial charge in [-0.25, -0.2) is 0 Å². The molecule has 4 nitrogen and oxygen atoms in total. The van der Waals surface area contributed by atoms with Crippen LogP contribution in [0.5, 0.6) is 0 Å². The molecular formula is C16H19N3O. The van der Waals surface area contributed by atoms with Gasteiger partial charge in [-0.2, -0.15) is 0 Å². The number of nitrogens with zero attached hydrogens (tertiary/aromatic N) is 2. The van der Waals surface area contributed by atoms with E-state index in [-0.39, 0.29) is 11.9 Å². The SMILES string of the molecule is Cc1cccnc1[C@H](NC(=O)c1cccn1C)C1CC1. The Morgan fingerprint density at radius 3 is 2.80 bits per heavy atom. The Bertz CT molecular complexity index is 628. The molecule has 1 amide bonds. The van der Waals surface area contributed by atoms with E-state index in [9.17, 15) is 4.79 Å². The Morgan fingerprint density at radius 2 is 2.20 bits per heavy atom. The van der Waals surface area contributed by atoms with Crippen molar-refractivity contribution in [3.8, 4) is 0 Å². The molecule has 4 heteroatoms. The first kappa shape index (κ1) is 12.9. The van der Waals surface area contributed by atoms with Crippen LogP contribution in [-0.2, 0) is 7.05 Å². The van der Waals surface area contributed by atoms with Crippen molar-refractivity contribution >= 4 is 5.91 Å². The summed E-state index contributed by atoms with van der Waals surface area (Å²) < 4.78 is 1.84. The predicted octanol–water partition coefficient (Wildman–Crippen LogP) is 2.61. The molecule has 1 aliphatic rings. The van der Waals surface area contributed by atoms with Gasteiger partial charge in [-0.15, -0.1) is 0 Å². The van der Waals surface area contributed by atoms with Crippen molar-refractivity contribution < 1.29 is 4.79 Å². The lowest BCUT2D eigenvalue weighted by Crippen LogP contribution is -2.32. The number of aromatic nitrogens is 2. The minimum Gasteiger partial charge on any atom is -0.347 e. The molecular weight excluding hydrogens is 250 g/mol. The molecule has 0 spiro atoms. The van der Waals surface area contributed by atoms with Crippen molar-refractivity contribution in [1.29, 1.82) is 0 Å². The fourth-order valence-corrected chi connectivity index (χ4v) is 2.57. The molecule has 2 heterocycles. The van der Waals surface area contributed by atoms with Crippen LogP contribution in [0.25, 0.3) is 0 Å². The maximum atomic E-state index is 12.4. The van der Waals surface area contributed by atoms with Crippen molar-refractivity contribution in [2.24, 2.45) is 13.0 Å². The standard InChI is InChI=1S/C16H19N3O/c1-11-5-3-9-17-14(11)15(12-7-8-12)18-16(20)13-6-4-10-19(13)2/h3-6,9-10,12,15H,7-8H2,1-2H3,(H,18,20)/t15-/m1/s1. The van der Waals surface area contributed by atoms with E-state index in [2.05, 4.69) is 10.3 Å². The quantitative estimate of drug-likeness (QED) is 0.927. The lowest BCUT2D eigenvalue weighted by molar-refractivity contribution is 0.0922. The maximum Gasteiger partial charge on any atom is 0.268 e. The van der Waals surface area contributed by atoms with Crippen molar-refractivity contribution in [2.75, 3.05) is 0 Å². The number of carbonyl (C=O) groups is 1. The molecule has 1 aliphatic carbocycles. The van der Waals surface area contributed by atoms with Gasteiger partial charge in [0.05, 0.1) is 11.7 Å². The van der Waals surface area contributed by atoms with Crippen LogP contribution in [0, 0.1) is 12.8 Å². The van der Waals surface area contributed by atoms with Gasteiger partial charge in [0.2, 0.25) is 0 Å². The molecule has 0 aromatic carbocycles. The van der Waals surface area contributed by atoms with Crippen LogP contribution in [0.15, 0.2) is 36.7 Å². The fraction of sp³-hybridized carbons (Fsp3) is 0.375. The van der Waals surface area contributed by atoms with E-state index in [0.29, 0.717) is 11.6 Å². The zero-order chi connectivity index (χ0) is 14.1. The molecule has 0 radical (unpaired) electrons. The summed E-state index contributed by atoms with van der Waals surface area (Å²) in [5.74, 6) is 0.493. The van der Waals surface area contributed by atoms with E-state index >= 15 is 0 Å². The number of aryl methyl sites for hydroxylation is 2.